The first-order chi connectivity index (χ1) is 6.15. The van der Waals surface area contributed by atoms with E-state index in [-0.39, 0.29) is 10.5 Å². The fraction of sp³-hybridized carbons (Fsp3) is 0.444. The Labute approximate surface area is 91.9 Å². The topological polar surface area (TPSA) is 36.4 Å². The Kier molecular flexibility index (Phi) is 3.92. The van der Waals surface area contributed by atoms with E-state index >= 15 is 0 Å². The van der Waals surface area contributed by atoms with E-state index in [1.165, 1.54) is 0 Å². The van der Waals surface area contributed by atoms with Crippen molar-refractivity contribution in [1.82, 2.24) is 4.98 Å². The summed E-state index contributed by atoms with van der Waals surface area (Å²) in [5.74, 6) is 0.924. The Bertz CT molecular complexity index is 278. The third kappa shape index (κ3) is 2.80. The van der Waals surface area contributed by atoms with E-state index in [9.17, 15) is 0 Å². The number of hydrogen-bond donors (Lipinski definition) is 1. The van der Waals surface area contributed by atoms with Gasteiger partial charge in [0.1, 0.15) is 5.82 Å². The van der Waals surface area contributed by atoms with E-state index < -0.39 is 0 Å². The Morgan fingerprint density at radius 2 is 2.23 bits per heavy atom. The highest BCUT2D eigenvalue weighted by Crippen LogP contribution is 2.22. The lowest BCUT2D eigenvalue weighted by molar-refractivity contribution is 0.299. The molecule has 13 heavy (non-hydrogen) atoms. The quantitative estimate of drug-likeness (QED) is 0.679. The van der Waals surface area contributed by atoms with Crippen LogP contribution in [-0.4, -0.2) is 30.8 Å². The van der Waals surface area contributed by atoms with Gasteiger partial charge in [-0.05, 0) is 12.1 Å². The summed E-state index contributed by atoms with van der Waals surface area (Å²) in [4.78, 5) is 6.35. The molecule has 1 heterocycles. The normalized spacial score (nSPS) is 12.6. The van der Waals surface area contributed by atoms with E-state index in [4.69, 9.17) is 5.11 Å². The molecule has 0 bridgehead atoms. The van der Waals surface area contributed by atoms with Gasteiger partial charge in [0.2, 0.25) is 0 Å². The zero-order chi connectivity index (χ0) is 9.84. The van der Waals surface area contributed by atoms with Crippen LogP contribution in [0, 0.1) is 0 Å². The minimum absolute atomic E-state index is 0.0810. The fourth-order valence-electron chi connectivity index (χ4n) is 0.957. The summed E-state index contributed by atoms with van der Waals surface area (Å²) in [6, 6.07) is 5.84. The molecule has 0 aromatic carbocycles. The molecule has 0 unspecified atom stereocenters. The van der Waals surface area contributed by atoms with Crippen molar-refractivity contribution in [2.45, 2.75) is 3.92 Å². The van der Waals surface area contributed by atoms with Gasteiger partial charge in [0.25, 0.3) is 0 Å². The molecule has 72 valence electrons. The highest BCUT2D eigenvalue weighted by Gasteiger charge is 2.07. The number of aliphatic hydroxyl groups is 1. The summed E-state index contributed by atoms with van der Waals surface area (Å²) in [7, 11) is 3.90. The van der Waals surface area contributed by atoms with Crippen LogP contribution in [0.2, 0.25) is 0 Å². The van der Waals surface area contributed by atoms with Gasteiger partial charge in [0.05, 0.1) is 16.2 Å². The lowest BCUT2D eigenvalue weighted by Gasteiger charge is -2.13. The highest BCUT2D eigenvalue weighted by atomic mass is 127. The molecule has 1 rings (SSSR count). The second-order valence-electron chi connectivity index (χ2n) is 2.97. The van der Waals surface area contributed by atoms with Crippen LogP contribution in [0.5, 0.6) is 0 Å². The minimum Gasteiger partial charge on any atom is -0.395 e. The molecule has 1 atom stereocenters. The van der Waals surface area contributed by atoms with Gasteiger partial charge in [-0.3, -0.25) is 0 Å². The van der Waals surface area contributed by atoms with Crippen molar-refractivity contribution < 1.29 is 5.11 Å². The average Bonchev–Trinajstić information content (AvgIpc) is 2.17. The SMILES string of the molecule is CN(C)c1cccc([C@H](I)CO)n1. The van der Waals surface area contributed by atoms with Crippen molar-refractivity contribution in [3.8, 4) is 0 Å². The van der Waals surface area contributed by atoms with Crippen LogP contribution in [0.3, 0.4) is 0 Å². The Hall–Kier alpha value is -0.360. The zero-order valence-corrected chi connectivity index (χ0v) is 9.89. The largest absolute Gasteiger partial charge is 0.395 e. The van der Waals surface area contributed by atoms with Gasteiger partial charge in [-0.1, -0.05) is 28.7 Å². The first-order valence-corrected chi connectivity index (χ1v) is 5.29. The number of alkyl halides is 1. The lowest BCUT2D eigenvalue weighted by Crippen LogP contribution is -2.12. The zero-order valence-electron chi connectivity index (χ0n) is 7.74. The number of anilines is 1. The minimum atomic E-state index is 0.0810. The molecule has 3 nitrogen and oxygen atoms in total. The average molecular weight is 292 g/mol. The second-order valence-corrected chi connectivity index (χ2v) is 4.47. The maximum atomic E-state index is 8.96. The molecule has 0 spiro atoms. The van der Waals surface area contributed by atoms with Gasteiger partial charge in [-0.15, -0.1) is 0 Å². The standard InChI is InChI=1S/C9H13IN2O/c1-12(2)9-5-3-4-8(11-9)7(10)6-13/h3-5,7,13H,6H2,1-2H3/t7-/m1/s1. The van der Waals surface area contributed by atoms with Gasteiger partial charge in [-0.25, -0.2) is 4.98 Å². The van der Waals surface area contributed by atoms with Crippen LogP contribution >= 0.6 is 22.6 Å². The second kappa shape index (κ2) is 4.76. The van der Waals surface area contributed by atoms with Crippen LogP contribution < -0.4 is 4.90 Å². The molecule has 1 aromatic heterocycles. The molecule has 1 N–H and O–H groups in total. The predicted molar refractivity (Wildman–Crippen MR) is 62.4 cm³/mol. The molecule has 0 aliphatic carbocycles. The number of aromatic nitrogens is 1. The molecule has 0 aliphatic rings. The number of rotatable bonds is 3. The third-order valence-corrected chi connectivity index (χ3v) is 2.73. The van der Waals surface area contributed by atoms with Crippen molar-refractivity contribution in [2.24, 2.45) is 0 Å². The summed E-state index contributed by atoms with van der Waals surface area (Å²) in [5.41, 5.74) is 0.925. The lowest BCUT2D eigenvalue weighted by atomic mass is 10.3. The molecular weight excluding hydrogens is 279 g/mol. The summed E-state index contributed by atoms with van der Waals surface area (Å²) in [6.07, 6.45) is 0. The van der Waals surface area contributed by atoms with Crippen molar-refractivity contribution in [3.05, 3.63) is 23.9 Å². The maximum Gasteiger partial charge on any atom is 0.128 e. The number of nitrogens with zero attached hydrogens (tertiary/aromatic N) is 2. The molecule has 0 aliphatic heterocycles. The molecule has 0 amide bonds. The van der Waals surface area contributed by atoms with Crippen LogP contribution in [0.1, 0.15) is 9.62 Å². The predicted octanol–water partition coefficient (Wildman–Crippen LogP) is 1.62. The fourth-order valence-corrected chi connectivity index (χ4v) is 1.30. The summed E-state index contributed by atoms with van der Waals surface area (Å²) in [6.45, 7) is 0.129. The monoisotopic (exact) mass is 292 g/mol. The van der Waals surface area contributed by atoms with Crippen LogP contribution in [0.25, 0.3) is 0 Å². The van der Waals surface area contributed by atoms with Gasteiger partial charge in [0, 0.05) is 14.1 Å². The first-order valence-electron chi connectivity index (χ1n) is 4.04. The van der Waals surface area contributed by atoms with Crippen molar-refractivity contribution in [2.75, 3.05) is 25.6 Å². The molecule has 1 aromatic rings. The van der Waals surface area contributed by atoms with Crippen LogP contribution in [0.15, 0.2) is 18.2 Å². The molecular formula is C9H13IN2O. The third-order valence-electron chi connectivity index (χ3n) is 1.70. The van der Waals surface area contributed by atoms with Crippen molar-refractivity contribution in [1.29, 1.82) is 0 Å². The summed E-state index contributed by atoms with van der Waals surface area (Å²) in [5, 5.41) is 8.96. The highest BCUT2D eigenvalue weighted by molar-refractivity contribution is 14.1. The number of hydrogen-bond acceptors (Lipinski definition) is 3. The Balaban J connectivity index is 2.91. The van der Waals surface area contributed by atoms with Crippen molar-refractivity contribution >= 4 is 28.4 Å². The smallest absolute Gasteiger partial charge is 0.128 e. The van der Waals surface area contributed by atoms with Gasteiger partial charge >= 0.3 is 0 Å². The summed E-state index contributed by atoms with van der Waals surface area (Å²) >= 11 is 2.18. The van der Waals surface area contributed by atoms with E-state index in [0.717, 1.165) is 11.5 Å². The van der Waals surface area contributed by atoms with E-state index in [1.807, 2.05) is 37.2 Å². The Morgan fingerprint density at radius 1 is 1.54 bits per heavy atom. The first kappa shape index (κ1) is 10.7. The van der Waals surface area contributed by atoms with E-state index in [2.05, 4.69) is 27.6 Å². The van der Waals surface area contributed by atoms with E-state index in [1.54, 1.807) is 0 Å². The van der Waals surface area contributed by atoms with Crippen LogP contribution in [-0.2, 0) is 0 Å². The van der Waals surface area contributed by atoms with Gasteiger partial charge in [0.15, 0.2) is 0 Å². The van der Waals surface area contributed by atoms with Gasteiger partial charge < -0.3 is 10.0 Å². The van der Waals surface area contributed by atoms with Crippen molar-refractivity contribution in [3.63, 3.8) is 0 Å². The number of aliphatic hydroxyl groups excluding tert-OH is 1. The molecule has 0 saturated carbocycles. The number of pyridine rings is 1. The molecule has 0 saturated heterocycles. The van der Waals surface area contributed by atoms with E-state index in [0.29, 0.717) is 0 Å². The molecule has 0 radical (unpaired) electrons. The maximum absolute atomic E-state index is 8.96. The molecule has 4 heteroatoms. The Morgan fingerprint density at radius 3 is 2.77 bits per heavy atom. The van der Waals surface area contributed by atoms with Crippen LogP contribution in [0.4, 0.5) is 5.82 Å². The number of halogens is 1. The molecule has 0 fully saturated rings. The van der Waals surface area contributed by atoms with Gasteiger partial charge in [-0.2, -0.15) is 0 Å². The summed E-state index contributed by atoms with van der Waals surface area (Å²) < 4.78 is 0.0810.